The molecule has 0 spiro atoms. The van der Waals surface area contributed by atoms with Crippen LogP contribution in [0.5, 0.6) is 5.75 Å². The molecule has 0 radical (unpaired) electrons. The first-order chi connectivity index (χ1) is 18.7. The van der Waals surface area contributed by atoms with Gasteiger partial charge in [-0.1, -0.05) is 55.8 Å². The molecule has 0 aliphatic rings. The van der Waals surface area contributed by atoms with Crippen LogP contribution in [0.2, 0.25) is 0 Å². The molecule has 2 amide bonds. The summed E-state index contributed by atoms with van der Waals surface area (Å²) >= 11 is 0. The number of methoxy groups -OCH3 is 1. The minimum Gasteiger partial charge on any atom is -0.497 e. The van der Waals surface area contributed by atoms with Crippen LogP contribution in [0.25, 0.3) is 0 Å². The van der Waals surface area contributed by atoms with Crippen molar-refractivity contribution in [1.29, 1.82) is 0 Å². The third kappa shape index (κ3) is 7.60. The summed E-state index contributed by atoms with van der Waals surface area (Å²) in [6, 6.07) is 21.3. The van der Waals surface area contributed by atoms with Crippen LogP contribution in [-0.4, -0.2) is 51.4 Å². The first kappa shape index (κ1) is 29.7. The van der Waals surface area contributed by atoms with Crippen LogP contribution in [-0.2, 0) is 26.2 Å². The molecule has 0 unspecified atom stereocenters. The summed E-state index contributed by atoms with van der Waals surface area (Å²) in [6.07, 6.45) is 1.75. The molecule has 0 bridgehead atoms. The standard InChI is InChI=1S/C30H37N3O5S/c1-5-6-20-31-30(35)24(3)32(21-25-13-11-10-12-23(25)2)29(34)22-33(26-14-8-7-9-15-26)39(36,37)28-18-16-27(38-4)17-19-28/h7-19,24H,5-6,20-22H2,1-4H3,(H,31,35)/t24-/m0/s1. The van der Waals surface area contributed by atoms with Gasteiger partial charge in [-0.2, -0.15) is 0 Å². The number of carbonyl (C=O) groups excluding carboxylic acids is 2. The van der Waals surface area contributed by atoms with E-state index in [9.17, 15) is 18.0 Å². The molecule has 8 nitrogen and oxygen atoms in total. The van der Waals surface area contributed by atoms with Crippen molar-refractivity contribution in [3.05, 3.63) is 90.0 Å². The van der Waals surface area contributed by atoms with Crippen LogP contribution in [0.3, 0.4) is 0 Å². The van der Waals surface area contributed by atoms with E-state index in [4.69, 9.17) is 4.74 Å². The Hall–Kier alpha value is -3.85. The second kappa shape index (κ2) is 13.8. The zero-order valence-electron chi connectivity index (χ0n) is 23.0. The Morgan fingerprint density at radius 1 is 0.949 bits per heavy atom. The summed E-state index contributed by atoms with van der Waals surface area (Å²) < 4.78 is 33.9. The lowest BCUT2D eigenvalue weighted by Crippen LogP contribution is -2.51. The van der Waals surface area contributed by atoms with Crippen molar-refractivity contribution in [3.8, 4) is 5.75 Å². The summed E-state index contributed by atoms with van der Waals surface area (Å²) in [5.41, 5.74) is 2.19. The maximum atomic E-state index is 13.9. The van der Waals surface area contributed by atoms with Crippen molar-refractivity contribution in [3.63, 3.8) is 0 Å². The molecule has 0 heterocycles. The fraction of sp³-hybridized carbons (Fsp3) is 0.333. The Morgan fingerprint density at radius 3 is 2.21 bits per heavy atom. The van der Waals surface area contributed by atoms with E-state index in [1.807, 2.05) is 38.1 Å². The number of nitrogens with one attached hydrogen (secondary N) is 1. The second-order valence-electron chi connectivity index (χ2n) is 9.29. The largest absolute Gasteiger partial charge is 0.497 e. The molecule has 1 N–H and O–H groups in total. The number of benzene rings is 3. The monoisotopic (exact) mass is 551 g/mol. The molecule has 3 rings (SSSR count). The average molecular weight is 552 g/mol. The van der Waals surface area contributed by atoms with E-state index in [2.05, 4.69) is 5.32 Å². The lowest BCUT2D eigenvalue weighted by molar-refractivity contribution is -0.139. The highest BCUT2D eigenvalue weighted by molar-refractivity contribution is 7.92. The zero-order valence-corrected chi connectivity index (χ0v) is 23.8. The number of ether oxygens (including phenoxy) is 1. The molecule has 0 aliphatic heterocycles. The number of anilines is 1. The second-order valence-corrected chi connectivity index (χ2v) is 11.2. The van der Waals surface area contributed by atoms with Gasteiger partial charge in [0, 0.05) is 13.1 Å². The van der Waals surface area contributed by atoms with Crippen molar-refractivity contribution < 1.29 is 22.7 Å². The van der Waals surface area contributed by atoms with E-state index in [0.29, 0.717) is 18.0 Å². The molecule has 3 aromatic rings. The van der Waals surface area contributed by atoms with Gasteiger partial charge in [0.05, 0.1) is 17.7 Å². The minimum absolute atomic E-state index is 0.0239. The van der Waals surface area contributed by atoms with Gasteiger partial charge >= 0.3 is 0 Å². The van der Waals surface area contributed by atoms with Crippen LogP contribution in [0.4, 0.5) is 5.69 Å². The fourth-order valence-corrected chi connectivity index (χ4v) is 5.50. The highest BCUT2D eigenvalue weighted by atomic mass is 32.2. The van der Waals surface area contributed by atoms with E-state index in [0.717, 1.165) is 28.3 Å². The SMILES string of the molecule is CCCCNC(=O)[C@H](C)N(Cc1ccccc1C)C(=O)CN(c1ccccc1)S(=O)(=O)c1ccc(OC)cc1. The molecule has 9 heteroatoms. The number of hydrogen-bond acceptors (Lipinski definition) is 5. The Bertz CT molecular complexity index is 1340. The van der Waals surface area contributed by atoms with E-state index < -0.39 is 28.5 Å². The quantitative estimate of drug-likeness (QED) is 0.315. The van der Waals surface area contributed by atoms with Gasteiger partial charge in [-0.15, -0.1) is 0 Å². The molecule has 208 valence electrons. The number of carbonyl (C=O) groups is 2. The molecule has 3 aromatic carbocycles. The van der Waals surface area contributed by atoms with E-state index in [1.54, 1.807) is 49.4 Å². The molecule has 0 saturated heterocycles. The normalized spacial score (nSPS) is 11.9. The number of aryl methyl sites for hydroxylation is 1. The highest BCUT2D eigenvalue weighted by Crippen LogP contribution is 2.26. The lowest BCUT2D eigenvalue weighted by atomic mass is 10.1. The molecular formula is C30H37N3O5S. The Morgan fingerprint density at radius 2 is 1.59 bits per heavy atom. The number of hydrogen-bond donors (Lipinski definition) is 1. The molecular weight excluding hydrogens is 514 g/mol. The summed E-state index contributed by atoms with van der Waals surface area (Å²) in [5.74, 6) is -0.254. The maximum Gasteiger partial charge on any atom is 0.264 e. The predicted molar refractivity (Wildman–Crippen MR) is 153 cm³/mol. The van der Waals surface area contributed by atoms with Crippen LogP contribution in [0.15, 0.2) is 83.8 Å². The maximum absolute atomic E-state index is 13.9. The molecule has 0 aromatic heterocycles. The third-order valence-corrected chi connectivity index (χ3v) is 8.36. The first-order valence-electron chi connectivity index (χ1n) is 13.0. The van der Waals surface area contributed by atoms with Gasteiger partial charge in [-0.25, -0.2) is 8.42 Å². The smallest absolute Gasteiger partial charge is 0.264 e. The topological polar surface area (TPSA) is 96.0 Å². The Labute approximate surface area is 231 Å². The number of unbranched alkanes of at least 4 members (excludes halogenated alkanes) is 1. The number of para-hydroxylation sites is 1. The Kier molecular flexibility index (Phi) is 10.5. The van der Waals surface area contributed by atoms with Gasteiger partial charge in [0.1, 0.15) is 18.3 Å². The van der Waals surface area contributed by atoms with Gasteiger partial charge in [-0.05, 0) is 67.8 Å². The Balaban J connectivity index is 1.98. The third-order valence-electron chi connectivity index (χ3n) is 6.57. The molecule has 0 aliphatic carbocycles. The van der Waals surface area contributed by atoms with Crippen molar-refractivity contribution in [2.75, 3.05) is 24.5 Å². The van der Waals surface area contributed by atoms with Gasteiger partial charge in [0.25, 0.3) is 10.0 Å². The summed E-state index contributed by atoms with van der Waals surface area (Å²) in [6.45, 7) is 5.84. The van der Waals surface area contributed by atoms with Gasteiger partial charge in [-0.3, -0.25) is 13.9 Å². The molecule has 0 fully saturated rings. The van der Waals surface area contributed by atoms with Crippen molar-refractivity contribution in [2.45, 2.75) is 51.1 Å². The van der Waals surface area contributed by atoms with Crippen LogP contribution < -0.4 is 14.4 Å². The minimum atomic E-state index is -4.12. The van der Waals surface area contributed by atoms with Crippen LogP contribution in [0.1, 0.15) is 37.8 Å². The lowest BCUT2D eigenvalue weighted by Gasteiger charge is -2.32. The van der Waals surface area contributed by atoms with Crippen LogP contribution in [0, 0.1) is 6.92 Å². The average Bonchev–Trinajstić information content (AvgIpc) is 2.95. The molecule has 0 saturated carbocycles. The highest BCUT2D eigenvalue weighted by Gasteiger charge is 2.32. The van der Waals surface area contributed by atoms with Gasteiger partial charge in [0.2, 0.25) is 11.8 Å². The number of sulfonamides is 1. The summed E-state index contributed by atoms with van der Waals surface area (Å²) in [7, 11) is -2.62. The van der Waals surface area contributed by atoms with Crippen molar-refractivity contribution >= 4 is 27.5 Å². The number of rotatable bonds is 13. The van der Waals surface area contributed by atoms with Gasteiger partial charge < -0.3 is 15.0 Å². The summed E-state index contributed by atoms with van der Waals surface area (Å²) in [4.78, 5) is 28.4. The number of nitrogens with zero attached hydrogens (tertiary/aromatic N) is 2. The van der Waals surface area contributed by atoms with E-state index in [-0.39, 0.29) is 17.3 Å². The predicted octanol–water partition coefficient (Wildman–Crippen LogP) is 4.53. The summed E-state index contributed by atoms with van der Waals surface area (Å²) in [5, 5.41) is 2.89. The fourth-order valence-electron chi connectivity index (χ4n) is 4.09. The number of amides is 2. The molecule has 39 heavy (non-hydrogen) atoms. The van der Waals surface area contributed by atoms with E-state index >= 15 is 0 Å². The van der Waals surface area contributed by atoms with Crippen molar-refractivity contribution in [1.82, 2.24) is 10.2 Å². The van der Waals surface area contributed by atoms with Crippen molar-refractivity contribution in [2.24, 2.45) is 0 Å². The first-order valence-corrected chi connectivity index (χ1v) is 14.5. The molecule has 1 atom stereocenters. The van der Waals surface area contributed by atoms with Crippen LogP contribution >= 0.6 is 0 Å². The van der Waals surface area contributed by atoms with E-state index in [1.165, 1.54) is 24.1 Å². The van der Waals surface area contributed by atoms with Gasteiger partial charge in [0.15, 0.2) is 0 Å². The zero-order chi connectivity index (χ0) is 28.4.